The lowest BCUT2D eigenvalue weighted by atomic mass is 9.98. The van der Waals surface area contributed by atoms with Crippen LogP contribution in [0.3, 0.4) is 0 Å². The van der Waals surface area contributed by atoms with Crippen molar-refractivity contribution in [2.45, 2.75) is 25.6 Å². The maximum atomic E-state index is 12.2. The summed E-state index contributed by atoms with van der Waals surface area (Å²) in [6.45, 7) is 2.36. The van der Waals surface area contributed by atoms with E-state index in [1.807, 2.05) is 0 Å². The molecule has 7 heteroatoms. The first kappa shape index (κ1) is 11.4. The van der Waals surface area contributed by atoms with E-state index in [2.05, 4.69) is 15.4 Å². The molecule has 0 aliphatic carbocycles. The smallest absolute Gasteiger partial charge is 0.317 e. The molecule has 1 N–H and O–H groups in total. The SMILES string of the molecule is FC(F)(F)c1ncn(CC2CCNCC2)n1. The number of hydrogen-bond acceptors (Lipinski definition) is 3. The number of aromatic nitrogens is 3. The Balaban J connectivity index is 1.97. The molecule has 0 radical (unpaired) electrons. The van der Waals surface area contributed by atoms with E-state index in [1.165, 1.54) is 4.68 Å². The van der Waals surface area contributed by atoms with Crippen LogP contribution in [0.2, 0.25) is 0 Å². The maximum Gasteiger partial charge on any atom is 0.453 e. The molecule has 1 saturated heterocycles. The Labute approximate surface area is 90.9 Å². The minimum absolute atomic E-state index is 0.393. The van der Waals surface area contributed by atoms with Crippen molar-refractivity contribution < 1.29 is 13.2 Å². The fourth-order valence-corrected chi connectivity index (χ4v) is 1.84. The van der Waals surface area contributed by atoms with E-state index in [0.29, 0.717) is 12.5 Å². The molecule has 1 aromatic heterocycles. The molecule has 1 aromatic rings. The van der Waals surface area contributed by atoms with Gasteiger partial charge >= 0.3 is 6.18 Å². The summed E-state index contributed by atoms with van der Waals surface area (Å²) < 4.78 is 38.0. The molecule has 2 heterocycles. The molecule has 1 fully saturated rings. The second-order valence-electron chi connectivity index (χ2n) is 3.98. The lowest BCUT2D eigenvalue weighted by Crippen LogP contribution is -2.30. The highest BCUT2D eigenvalue weighted by atomic mass is 19.4. The zero-order valence-electron chi connectivity index (χ0n) is 8.67. The zero-order valence-corrected chi connectivity index (χ0v) is 8.67. The van der Waals surface area contributed by atoms with Gasteiger partial charge in [0.1, 0.15) is 6.33 Å². The van der Waals surface area contributed by atoms with Crippen LogP contribution in [0.5, 0.6) is 0 Å². The molecule has 4 nitrogen and oxygen atoms in total. The first-order valence-corrected chi connectivity index (χ1v) is 5.23. The Kier molecular flexibility index (Phi) is 3.13. The summed E-state index contributed by atoms with van der Waals surface area (Å²) in [5, 5.41) is 6.64. The molecule has 0 aromatic carbocycles. The van der Waals surface area contributed by atoms with Crippen molar-refractivity contribution in [2.75, 3.05) is 13.1 Å². The van der Waals surface area contributed by atoms with Gasteiger partial charge in [0.2, 0.25) is 0 Å². The van der Waals surface area contributed by atoms with Gasteiger partial charge in [0.05, 0.1) is 0 Å². The fourth-order valence-electron chi connectivity index (χ4n) is 1.84. The zero-order chi connectivity index (χ0) is 11.6. The third-order valence-corrected chi connectivity index (χ3v) is 2.69. The normalized spacial score (nSPS) is 18.9. The summed E-state index contributed by atoms with van der Waals surface area (Å²) in [6.07, 6.45) is -1.34. The molecule has 2 rings (SSSR count). The average Bonchev–Trinajstić information content (AvgIpc) is 2.67. The molecule has 0 bridgehead atoms. The maximum absolute atomic E-state index is 12.2. The van der Waals surface area contributed by atoms with Crippen LogP contribution in [0.25, 0.3) is 0 Å². The van der Waals surface area contributed by atoms with Crippen molar-refractivity contribution in [3.8, 4) is 0 Å². The van der Waals surface area contributed by atoms with E-state index >= 15 is 0 Å². The first-order valence-electron chi connectivity index (χ1n) is 5.23. The van der Waals surface area contributed by atoms with E-state index in [-0.39, 0.29) is 0 Å². The largest absolute Gasteiger partial charge is 0.453 e. The number of nitrogens with one attached hydrogen (secondary N) is 1. The highest BCUT2D eigenvalue weighted by molar-refractivity contribution is 4.87. The van der Waals surface area contributed by atoms with Gasteiger partial charge in [-0.15, -0.1) is 5.10 Å². The lowest BCUT2D eigenvalue weighted by molar-refractivity contribution is -0.145. The molecular weight excluding hydrogens is 221 g/mol. The van der Waals surface area contributed by atoms with Crippen LogP contribution in [0.4, 0.5) is 13.2 Å². The quantitative estimate of drug-likeness (QED) is 0.838. The van der Waals surface area contributed by atoms with Crippen LogP contribution in [0, 0.1) is 5.92 Å². The molecular formula is C9H13F3N4. The third kappa shape index (κ3) is 2.72. The van der Waals surface area contributed by atoms with Crippen molar-refractivity contribution >= 4 is 0 Å². The number of halogens is 3. The summed E-state index contributed by atoms with van der Waals surface area (Å²) in [5.74, 6) is -0.662. The minimum Gasteiger partial charge on any atom is -0.317 e. The molecule has 1 aliphatic rings. The Bertz CT molecular complexity index is 341. The Morgan fingerprint density at radius 1 is 1.38 bits per heavy atom. The summed E-state index contributed by atoms with van der Waals surface area (Å²) in [7, 11) is 0. The standard InChI is InChI=1S/C9H13F3N4/c10-9(11,12)8-14-6-16(15-8)5-7-1-3-13-4-2-7/h6-7,13H,1-5H2. The van der Waals surface area contributed by atoms with E-state index < -0.39 is 12.0 Å². The van der Waals surface area contributed by atoms with Gasteiger partial charge in [0, 0.05) is 6.54 Å². The van der Waals surface area contributed by atoms with E-state index in [9.17, 15) is 13.2 Å². The summed E-state index contributed by atoms with van der Waals surface area (Å²) in [6, 6.07) is 0. The van der Waals surface area contributed by atoms with Gasteiger partial charge in [-0.05, 0) is 31.8 Å². The second kappa shape index (κ2) is 4.40. The number of alkyl halides is 3. The summed E-state index contributed by atoms with van der Waals surface area (Å²) in [4.78, 5) is 3.26. The summed E-state index contributed by atoms with van der Waals surface area (Å²) in [5.41, 5.74) is 0. The second-order valence-corrected chi connectivity index (χ2v) is 3.98. The van der Waals surface area contributed by atoms with Gasteiger partial charge in [-0.1, -0.05) is 0 Å². The van der Waals surface area contributed by atoms with E-state index in [1.54, 1.807) is 0 Å². The monoisotopic (exact) mass is 234 g/mol. The Morgan fingerprint density at radius 2 is 2.06 bits per heavy atom. The highest BCUT2D eigenvalue weighted by Gasteiger charge is 2.35. The Morgan fingerprint density at radius 3 is 2.62 bits per heavy atom. The number of rotatable bonds is 2. The number of nitrogens with zero attached hydrogens (tertiary/aromatic N) is 3. The molecule has 90 valence electrons. The lowest BCUT2D eigenvalue weighted by Gasteiger charge is -2.21. The van der Waals surface area contributed by atoms with Crippen LogP contribution in [-0.2, 0) is 12.7 Å². The van der Waals surface area contributed by atoms with Crippen LogP contribution >= 0.6 is 0 Å². The molecule has 1 aliphatic heterocycles. The van der Waals surface area contributed by atoms with Gasteiger partial charge in [-0.3, -0.25) is 4.68 Å². The molecule has 16 heavy (non-hydrogen) atoms. The predicted molar refractivity (Wildman–Crippen MR) is 50.6 cm³/mol. The highest BCUT2D eigenvalue weighted by Crippen LogP contribution is 2.25. The predicted octanol–water partition coefficient (Wildman–Crippen LogP) is 1.30. The van der Waals surface area contributed by atoms with Gasteiger partial charge in [-0.2, -0.15) is 13.2 Å². The van der Waals surface area contributed by atoms with Crippen molar-refractivity contribution in [1.82, 2.24) is 20.1 Å². The van der Waals surface area contributed by atoms with Gasteiger partial charge in [0.15, 0.2) is 0 Å². The van der Waals surface area contributed by atoms with Gasteiger partial charge in [0.25, 0.3) is 5.82 Å². The van der Waals surface area contributed by atoms with Crippen molar-refractivity contribution in [1.29, 1.82) is 0 Å². The van der Waals surface area contributed by atoms with Crippen molar-refractivity contribution in [2.24, 2.45) is 5.92 Å². The van der Waals surface area contributed by atoms with Crippen molar-refractivity contribution in [3.63, 3.8) is 0 Å². The molecule has 0 amide bonds. The average molecular weight is 234 g/mol. The minimum atomic E-state index is -4.45. The summed E-state index contributed by atoms with van der Waals surface area (Å²) >= 11 is 0. The molecule has 0 saturated carbocycles. The first-order chi connectivity index (χ1) is 7.55. The fraction of sp³-hybridized carbons (Fsp3) is 0.778. The van der Waals surface area contributed by atoms with E-state index in [0.717, 1.165) is 32.3 Å². The van der Waals surface area contributed by atoms with Crippen LogP contribution in [0.1, 0.15) is 18.7 Å². The van der Waals surface area contributed by atoms with Crippen LogP contribution in [-0.4, -0.2) is 27.9 Å². The van der Waals surface area contributed by atoms with Crippen molar-refractivity contribution in [3.05, 3.63) is 12.2 Å². The molecule has 0 atom stereocenters. The third-order valence-electron chi connectivity index (χ3n) is 2.69. The van der Waals surface area contributed by atoms with Gasteiger partial charge in [-0.25, -0.2) is 4.98 Å². The Hall–Kier alpha value is -1.11. The molecule has 0 unspecified atom stereocenters. The van der Waals surface area contributed by atoms with Crippen LogP contribution in [0.15, 0.2) is 6.33 Å². The molecule has 0 spiro atoms. The van der Waals surface area contributed by atoms with Crippen LogP contribution < -0.4 is 5.32 Å². The number of hydrogen-bond donors (Lipinski definition) is 1. The van der Waals surface area contributed by atoms with E-state index in [4.69, 9.17) is 0 Å². The number of piperidine rings is 1. The topological polar surface area (TPSA) is 42.7 Å². The van der Waals surface area contributed by atoms with Gasteiger partial charge < -0.3 is 5.32 Å².